The highest BCUT2D eigenvalue weighted by Crippen LogP contribution is 2.48. The van der Waals surface area contributed by atoms with E-state index in [4.69, 9.17) is 25.8 Å². The minimum Gasteiger partial charge on any atom is -0.486 e. The van der Waals surface area contributed by atoms with Crippen molar-refractivity contribution >= 4 is 11.6 Å². The lowest BCUT2D eigenvalue weighted by Crippen LogP contribution is -2.55. The zero-order valence-electron chi connectivity index (χ0n) is 18.1. The number of aliphatic hydroxyl groups excluding tert-OH is 4. The summed E-state index contributed by atoms with van der Waals surface area (Å²) in [6, 6.07) is 10.1. The number of rotatable bonds is 5. The molecule has 32 heavy (non-hydrogen) atoms. The maximum absolute atomic E-state index is 10.7. The van der Waals surface area contributed by atoms with Crippen molar-refractivity contribution in [2.24, 2.45) is 0 Å². The van der Waals surface area contributed by atoms with Gasteiger partial charge in [-0.05, 0) is 35.1 Å². The van der Waals surface area contributed by atoms with Crippen molar-refractivity contribution in [2.75, 3.05) is 19.8 Å². The quantitative estimate of drug-likeness (QED) is 0.537. The zero-order chi connectivity index (χ0) is 23.0. The lowest BCUT2D eigenvalue weighted by Gasteiger charge is -2.41. The first-order valence-corrected chi connectivity index (χ1v) is 11.2. The summed E-state index contributed by atoms with van der Waals surface area (Å²) in [7, 11) is 0. The van der Waals surface area contributed by atoms with Crippen LogP contribution >= 0.6 is 11.6 Å². The third-order valence-electron chi connectivity index (χ3n) is 6.10. The van der Waals surface area contributed by atoms with Gasteiger partial charge in [0.15, 0.2) is 11.5 Å². The molecule has 2 aromatic rings. The standard InChI is InChI=1S/C24H29ClO7/c1-12(2)14-5-3-13(4-6-14)9-15-10-16(23-24(18(15)25)31-8-7-30-23)22-21(29)20(28)19(27)17(11-26)32-22/h3-6,10,12,17,19-22,26-29H,7-9,11H2,1-2H3/t17-,19-,20+,21-,22+/m1/s1. The van der Waals surface area contributed by atoms with Crippen LogP contribution in [-0.2, 0) is 11.2 Å². The molecule has 0 saturated carbocycles. The minimum atomic E-state index is -1.49. The van der Waals surface area contributed by atoms with E-state index < -0.39 is 37.1 Å². The van der Waals surface area contributed by atoms with Gasteiger partial charge in [0.05, 0.1) is 11.6 Å². The Bertz CT molecular complexity index is 944. The van der Waals surface area contributed by atoms with Gasteiger partial charge in [-0.25, -0.2) is 0 Å². The first kappa shape index (κ1) is 23.3. The van der Waals surface area contributed by atoms with Crippen LogP contribution in [-0.4, -0.2) is 64.7 Å². The molecular formula is C24H29ClO7. The molecule has 1 saturated heterocycles. The van der Waals surface area contributed by atoms with Crippen molar-refractivity contribution in [2.45, 2.75) is 56.7 Å². The van der Waals surface area contributed by atoms with Crippen molar-refractivity contribution in [1.82, 2.24) is 0 Å². The van der Waals surface area contributed by atoms with Gasteiger partial charge in [-0.15, -0.1) is 0 Å². The van der Waals surface area contributed by atoms with Crippen molar-refractivity contribution in [3.8, 4) is 11.5 Å². The third kappa shape index (κ3) is 4.33. The van der Waals surface area contributed by atoms with E-state index in [1.54, 1.807) is 6.07 Å². The van der Waals surface area contributed by atoms with Gasteiger partial charge in [0.1, 0.15) is 43.7 Å². The normalized spacial score (nSPS) is 27.6. The molecule has 5 atom stereocenters. The first-order chi connectivity index (χ1) is 15.3. The SMILES string of the molecule is CC(C)c1ccc(Cc2cc([C@@H]3O[C@H](CO)[C@@H](O)[C@H](O)[C@H]3O)c3c(c2Cl)OCCO3)cc1. The van der Waals surface area contributed by atoms with E-state index in [0.29, 0.717) is 47.6 Å². The summed E-state index contributed by atoms with van der Waals surface area (Å²) < 4.78 is 17.4. The summed E-state index contributed by atoms with van der Waals surface area (Å²) in [5.74, 6) is 1.13. The lowest BCUT2D eigenvalue weighted by atomic mass is 9.89. The van der Waals surface area contributed by atoms with Crippen LogP contribution in [0.3, 0.4) is 0 Å². The summed E-state index contributed by atoms with van der Waals surface area (Å²) in [6.07, 6.45) is -5.92. The second-order valence-electron chi connectivity index (χ2n) is 8.62. The molecule has 7 nitrogen and oxygen atoms in total. The molecule has 4 rings (SSSR count). The zero-order valence-corrected chi connectivity index (χ0v) is 18.8. The fourth-order valence-corrected chi connectivity index (χ4v) is 4.46. The predicted octanol–water partition coefficient (Wildman–Crippen LogP) is 2.34. The summed E-state index contributed by atoms with van der Waals surface area (Å²) in [6.45, 7) is 4.39. The van der Waals surface area contributed by atoms with Crippen LogP contribution in [0.5, 0.6) is 11.5 Å². The maximum Gasteiger partial charge on any atom is 0.180 e. The Balaban J connectivity index is 1.74. The number of aliphatic hydroxyl groups is 4. The Morgan fingerprint density at radius 1 is 0.969 bits per heavy atom. The Labute approximate surface area is 192 Å². The Hall–Kier alpha value is -1.87. The van der Waals surface area contributed by atoms with E-state index >= 15 is 0 Å². The molecule has 0 aromatic heterocycles. The fourth-order valence-electron chi connectivity index (χ4n) is 4.20. The van der Waals surface area contributed by atoms with Gasteiger partial charge in [-0.2, -0.15) is 0 Å². The molecule has 1 fully saturated rings. The van der Waals surface area contributed by atoms with Gasteiger partial charge in [-0.1, -0.05) is 49.7 Å². The molecule has 174 valence electrons. The van der Waals surface area contributed by atoms with Gasteiger partial charge in [0.2, 0.25) is 0 Å². The topological polar surface area (TPSA) is 109 Å². The Morgan fingerprint density at radius 3 is 2.25 bits per heavy atom. The van der Waals surface area contributed by atoms with E-state index in [9.17, 15) is 20.4 Å². The van der Waals surface area contributed by atoms with E-state index in [0.717, 1.165) is 11.1 Å². The van der Waals surface area contributed by atoms with Gasteiger partial charge in [0, 0.05) is 5.56 Å². The van der Waals surface area contributed by atoms with E-state index in [1.165, 1.54) is 5.56 Å². The predicted molar refractivity (Wildman–Crippen MR) is 118 cm³/mol. The highest BCUT2D eigenvalue weighted by Gasteiger charge is 2.45. The van der Waals surface area contributed by atoms with Gasteiger partial charge < -0.3 is 34.6 Å². The highest BCUT2D eigenvalue weighted by atomic mass is 35.5. The van der Waals surface area contributed by atoms with E-state index in [1.807, 2.05) is 0 Å². The van der Waals surface area contributed by atoms with Crippen LogP contribution < -0.4 is 9.47 Å². The van der Waals surface area contributed by atoms with Crippen LogP contribution in [0.25, 0.3) is 0 Å². The lowest BCUT2D eigenvalue weighted by molar-refractivity contribution is -0.232. The molecule has 4 N–H and O–H groups in total. The molecule has 2 aliphatic heterocycles. The summed E-state index contributed by atoms with van der Waals surface area (Å²) in [5, 5.41) is 41.1. The van der Waals surface area contributed by atoms with Crippen LogP contribution in [0.2, 0.25) is 5.02 Å². The first-order valence-electron chi connectivity index (χ1n) is 10.8. The molecule has 0 unspecified atom stereocenters. The summed E-state index contributed by atoms with van der Waals surface area (Å²) >= 11 is 6.68. The van der Waals surface area contributed by atoms with Crippen LogP contribution in [0.15, 0.2) is 30.3 Å². The largest absolute Gasteiger partial charge is 0.486 e. The van der Waals surface area contributed by atoms with Gasteiger partial charge >= 0.3 is 0 Å². The molecule has 0 amide bonds. The number of fused-ring (bicyclic) bond motifs is 1. The van der Waals surface area contributed by atoms with Crippen molar-refractivity contribution in [3.05, 3.63) is 57.6 Å². The molecule has 2 heterocycles. The average molecular weight is 465 g/mol. The van der Waals surface area contributed by atoms with Gasteiger partial charge in [-0.3, -0.25) is 0 Å². The minimum absolute atomic E-state index is 0.295. The molecule has 0 bridgehead atoms. The van der Waals surface area contributed by atoms with Crippen molar-refractivity contribution < 1.29 is 34.6 Å². The molecule has 0 spiro atoms. The highest BCUT2D eigenvalue weighted by molar-refractivity contribution is 6.33. The fraction of sp³-hybridized carbons (Fsp3) is 0.500. The number of hydrogen-bond acceptors (Lipinski definition) is 7. The summed E-state index contributed by atoms with van der Waals surface area (Å²) in [5.41, 5.74) is 3.49. The maximum atomic E-state index is 10.7. The summed E-state index contributed by atoms with van der Waals surface area (Å²) in [4.78, 5) is 0. The van der Waals surface area contributed by atoms with E-state index in [2.05, 4.69) is 38.1 Å². The number of benzene rings is 2. The molecule has 0 aliphatic carbocycles. The van der Waals surface area contributed by atoms with Crippen molar-refractivity contribution in [1.29, 1.82) is 0 Å². The van der Waals surface area contributed by atoms with Crippen LogP contribution in [0.4, 0.5) is 0 Å². The molecule has 2 aliphatic rings. The number of halogens is 1. The van der Waals surface area contributed by atoms with Crippen molar-refractivity contribution in [3.63, 3.8) is 0 Å². The molecule has 0 radical (unpaired) electrons. The van der Waals surface area contributed by atoms with Crippen LogP contribution in [0, 0.1) is 0 Å². The molecule has 8 heteroatoms. The average Bonchev–Trinajstić information content (AvgIpc) is 2.80. The number of hydrogen-bond donors (Lipinski definition) is 4. The number of ether oxygens (including phenoxy) is 3. The van der Waals surface area contributed by atoms with E-state index in [-0.39, 0.29) is 0 Å². The molecule has 2 aromatic carbocycles. The second-order valence-corrected chi connectivity index (χ2v) is 8.99. The van der Waals surface area contributed by atoms with Crippen LogP contribution in [0.1, 0.15) is 48.1 Å². The molecular weight excluding hydrogens is 436 g/mol. The van der Waals surface area contributed by atoms with Gasteiger partial charge in [0.25, 0.3) is 0 Å². The Morgan fingerprint density at radius 2 is 1.62 bits per heavy atom. The monoisotopic (exact) mass is 464 g/mol. The second kappa shape index (κ2) is 9.55. The smallest absolute Gasteiger partial charge is 0.180 e. The third-order valence-corrected chi connectivity index (χ3v) is 6.51. The Kier molecular flexibility index (Phi) is 6.95.